The molecule has 4 heterocycles. The molecule has 0 unspecified atom stereocenters. The van der Waals surface area contributed by atoms with E-state index >= 15 is 0 Å². The van der Waals surface area contributed by atoms with E-state index in [0.29, 0.717) is 24.0 Å². The summed E-state index contributed by atoms with van der Waals surface area (Å²) in [5, 5.41) is 4.04. The molecule has 0 radical (unpaired) electrons. The van der Waals surface area contributed by atoms with Crippen LogP contribution in [0, 0.1) is 13.8 Å². The molecule has 0 aliphatic carbocycles. The minimum Gasteiger partial charge on any atom is -0.378 e. The highest BCUT2D eigenvalue weighted by atomic mass is 32.1. The Kier molecular flexibility index (Phi) is 7.21. The fourth-order valence-electron chi connectivity index (χ4n) is 5.90. The Balaban J connectivity index is 1.43. The van der Waals surface area contributed by atoms with E-state index in [-0.39, 0.29) is 12.1 Å². The Morgan fingerprint density at radius 3 is 2.32 bits per heavy atom. The number of pyridine rings is 1. The molecule has 10 heteroatoms. The summed E-state index contributed by atoms with van der Waals surface area (Å²) in [5.74, 6) is 0. The number of alkyl halides is 3. The molecule has 41 heavy (non-hydrogen) atoms. The minimum atomic E-state index is -4.43. The van der Waals surface area contributed by atoms with Crippen LogP contribution in [-0.4, -0.2) is 41.0 Å². The number of hydrogen-bond donors (Lipinski definition) is 1. The highest BCUT2D eigenvalue weighted by molar-refractivity contribution is 7.80. The summed E-state index contributed by atoms with van der Waals surface area (Å²) < 4.78 is 48.0. The summed E-state index contributed by atoms with van der Waals surface area (Å²) in [7, 11) is 0. The van der Waals surface area contributed by atoms with Crippen molar-refractivity contribution in [3.63, 3.8) is 0 Å². The molecular formula is C31H30F3N5OS. The second-order valence-electron chi connectivity index (χ2n) is 10.3. The van der Waals surface area contributed by atoms with Crippen molar-refractivity contribution in [2.75, 3.05) is 36.1 Å². The van der Waals surface area contributed by atoms with Gasteiger partial charge in [0.15, 0.2) is 5.11 Å². The van der Waals surface area contributed by atoms with Gasteiger partial charge in [0.05, 0.1) is 36.6 Å². The van der Waals surface area contributed by atoms with E-state index in [9.17, 15) is 13.2 Å². The van der Waals surface area contributed by atoms with Crippen molar-refractivity contribution >= 4 is 28.7 Å². The maximum Gasteiger partial charge on any atom is 0.416 e. The van der Waals surface area contributed by atoms with Gasteiger partial charge in [0.1, 0.15) is 0 Å². The Morgan fingerprint density at radius 2 is 1.63 bits per heavy atom. The number of ether oxygens (including phenoxy) is 1. The first kappa shape index (κ1) is 27.3. The molecule has 0 amide bonds. The Morgan fingerprint density at radius 1 is 0.902 bits per heavy atom. The van der Waals surface area contributed by atoms with Crippen LogP contribution in [0.5, 0.6) is 0 Å². The van der Waals surface area contributed by atoms with Crippen LogP contribution in [0.4, 0.5) is 24.5 Å². The molecule has 2 fully saturated rings. The van der Waals surface area contributed by atoms with E-state index in [1.807, 2.05) is 42.7 Å². The van der Waals surface area contributed by atoms with Gasteiger partial charge in [-0.15, -0.1) is 0 Å². The van der Waals surface area contributed by atoms with Gasteiger partial charge in [-0.05, 0) is 92.3 Å². The first-order valence-electron chi connectivity index (χ1n) is 13.5. The number of nitrogens with zero attached hydrogens (tertiary/aromatic N) is 4. The molecule has 4 aromatic rings. The van der Waals surface area contributed by atoms with Crippen LogP contribution >= 0.6 is 12.2 Å². The topological polar surface area (TPSA) is 45.6 Å². The zero-order chi connectivity index (χ0) is 28.7. The van der Waals surface area contributed by atoms with Crippen molar-refractivity contribution in [2.24, 2.45) is 0 Å². The largest absolute Gasteiger partial charge is 0.416 e. The predicted octanol–water partition coefficient (Wildman–Crippen LogP) is 6.52. The molecule has 212 valence electrons. The number of aromatic nitrogens is 2. The number of halogens is 3. The zero-order valence-corrected chi connectivity index (χ0v) is 23.5. The molecule has 2 atom stereocenters. The lowest BCUT2D eigenvalue weighted by Gasteiger charge is -2.31. The zero-order valence-electron chi connectivity index (χ0n) is 22.7. The highest BCUT2D eigenvalue weighted by Crippen LogP contribution is 2.44. The Hall–Kier alpha value is -3.89. The van der Waals surface area contributed by atoms with Gasteiger partial charge in [-0.2, -0.15) is 13.2 Å². The fraction of sp³-hybridized carbons (Fsp3) is 0.290. The number of aryl methyl sites for hydroxylation is 1. The van der Waals surface area contributed by atoms with Crippen LogP contribution < -0.4 is 15.1 Å². The lowest BCUT2D eigenvalue weighted by atomic mass is 9.96. The fourth-order valence-corrected chi connectivity index (χ4v) is 6.25. The van der Waals surface area contributed by atoms with Crippen LogP contribution in [-0.2, 0) is 10.9 Å². The maximum atomic E-state index is 13.5. The van der Waals surface area contributed by atoms with Crippen LogP contribution in [0.1, 0.15) is 40.3 Å². The van der Waals surface area contributed by atoms with E-state index in [0.717, 1.165) is 53.2 Å². The third kappa shape index (κ3) is 5.17. The number of morpholine rings is 1. The van der Waals surface area contributed by atoms with Gasteiger partial charge in [-0.3, -0.25) is 4.98 Å². The molecule has 2 aromatic heterocycles. The Bertz CT molecular complexity index is 1550. The summed E-state index contributed by atoms with van der Waals surface area (Å²) >= 11 is 5.90. The van der Waals surface area contributed by atoms with Crippen molar-refractivity contribution in [1.82, 2.24) is 14.9 Å². The minimum absolute atomic E-state index is 0.266. The molecular weight excluding hydrogens is 547 g/mol. The molecule has 2 aromatic carbocycles. The number of hydrogen-bond acceptors (Lipinski definition) is 4. The van der Waals surface area contributed by atoms with Gasteiger partial charge in [-0.1, -0.05) is 12.1 Å². The average Bonchev–Trinajstić information content (AvgIpc) is 3.48. The molecule has 6 nitrogen and oxygen atoms in total. The summed E-state index contributed by atoms with van der Waals surface area (Å²) in [6, 6.07) is 21.0. The lowest BCUT2D eigenvalue weighted by Crippen LogP contribution is -2.36. The Labute approximate surface area is 242 Å². The van der Waals surface area contributed by atoms with Crippen molar-refractivity contribution < 1.29 is 17.9 Å². The summed E-state index contributed by atoms with van der Waals surface area (Å²) in [4.78, 5) is 9.02. The average molecular weight is 578 g/mol. The second-order valence-corrected chi connectivity index (χ2v) is 10.7. The second kappa shape index (κ2) is 10.8. The van der Waals surface area contributed by atoms with Crippen molar-refractivity contribution in [3.05, 3.63) is 107 Å². The van der Waals surface area contributed by atoms with E-state index < -0.39 is 11.7 Å². The molecule has 2 aliphatic rings. The van der Waals surface area contributed by atoms with Gasteiger partial charge in [0.2, 0.25) is 0 Å². The third-order valence-corrected chi connectivity index (χ3v) is 8.14. The summed E-state index contributed by atoms with van der Waals surface area (Å²) in [6.07, 6.45) is -2.67. The third-order valence-electron chi connectivity index (χ3n) is 7.82. The molecule has 0 spiro atoms. The van der Waals surface area contributed by atoms with Gasteiger partial charge >= 0.3 is 6.18 Å². The molecule has 0 saturated carbocycles. The van der Waals surface area contributed by atoms with E-state index in [1.54, 1.807) is 12.3 Å². The number of nitrogens with one attached hydrogen (secondary N) is 1. The molecule has 2 aliphatic heterocycles. The van der Waals surface area contributed by atoms with Crippen molar-refractivity contribution in [2.45, 2.75) is 32.1 Å². The predicted molar refractivity (Wildman–Crippen MR) is 158 cm³/mol. The standard InChI is InChI=1S/C31H30F3N5OS/c1-20-18-26(21(2)38(20)25-7-5-6-22(19-25)31(32,33)34)29-28(27-8-3-4-13-35-27)36-30(41)39(29)24-11-9-23(10-12-24)37-14-16-40-17-15-37/h3-13,18-19,28-29H,14-17H2,1-2H3,(H,36,41)/t28-,29-/m1/s1. The van der Waals surface area contributed by atoms with Gasteiger partial charge in [-0.25, -0.2) is 0 Å². The van der Waals surface area contributed by atoms with E-state index in [4.69, 9.17) is 17.0 Å². The van der Waals surface area contributed by atoms with Gasteiger partial charge < -0.3 is 24.4 Å². The summed E-state index contributed by atoms with van der Waals surface area (Å²) in [5.41, 5.74) is 5.29. The monoisotopic (exact) mass is 577 g/mol. The maximum absolute atomic E-state index is 13.5. The quantitative estimate of drug-likeness (QED) is 0.273. The number of anilines is 2. The van der Waals surface area contributed by atoms with E-state index in [1.165, 1.54) is 12.1 Å². The van der Waals surface area contributed by atoms with E-state index in [2.05, 4.69) is 44.4 Å². The van der Waals surface area contributed by atoms with Crippen LogP contribution in [0.15, 0.2) is 79.0 Å². The lowest BCUT2D eigenvalue weighted by molar-refractivity contribution is -0.137. The first-order valence-corrected chi connectivity index (χ1v) is 13.9. The molecule has 6 rings (SSSR count). The number of benzene rings is 2. The number of thiocarbonyl (C=S) groups is 1. The van der Waals surface area contributed by atoms with Crippen LogP contribution in [0.25, 0.3) is 5.69 Å². The summed E-state index contributed by atoms with van der Waals surface area (Å²) in [6.45, 7) is 6.95. The highest BCUT2D eigenvalue weighted by Gasteiger charge is 2.42. The smallest absolute Gasteiger partial charge is 0.378 e. The number of rotatable bonds is 5. The van der Waals surface area contributed by atoms with Crippen molar-refractivity contribution in [3.8, 4) is 5.69 Å². The molecule has 2 saturated heterocycles. The van der Waals surface area contributed by atoms with Gasteiger partial charge in [0.25, 0.3) is 0 Å². The molecule has 1 N–H and O–H groups in total. The van der Waals surface area contributed by atoms with Crippen molar-refractivity contribution in [1.29, 1.82) is 0 Å². The molecule has 0 bridgehead atoms. The normalized spacial score (nSPS) is 19.5. The van der Waals surface area contributed by atoms with Gasteiger partial charge in [0, 0.05) is 47.7 Å². The first-order chi connectivity index (χ1) is 19.7. The van der Waals surface area contributed by atoms with Crippen LogP contribution in [0.3, 0.4) is 0 Å². The van der Waals surface area contributed by atoms with Crippen LogP contribution in [0.2, 0.25) is 0 Å². The SMILES string of the molecule is Cc1cc([C@@H]2[C@@H](c3ccccn3)NC(=S)N2c2ccc(N3CCOCC3)cc2)c(C)n1-c1cccc(C(F)(F)F)c1.